The Kier molecular flexibility index (Phi) is 5.08. The second-order valence-corrected chi connectivity index (χ2v) is 6.12. The summed E-state index contributed by atoms with van der Waals surface area (Å²) < 4.78 is 11.1. The Hall–Kier alpha value is -1.59. The maximum Gasteiger partial charge on any atom is 0.254 e. The van der Waals surface area contributed by atoms with Crippen molar-refractivity contribution in [2.75, 3.05) is 33.4 Å². The van der Waals surface area contributed by atoms with Crippen LogP contribution in [0.4, 0.5) is 0 Å². The number of benzene rings is 1. The third kappa shape index (κ3) is 3.42. The second kappa shape index (κ2) is 6.67. The van der Waals surface area contributed by atoms with Gasteiger partial charge in [0.15, 0.2) is 0 Å². The molecule has 1 aliphatic rings. The molecule has 0 bridgehead atoms. The van der Waals surface area contributed by atoms with E-state index in [9.17, 15) is 4.79 Å². The molecule has 122 valence electrons. The summed E-state index contributed by atoms with van der Waals surface area (Å²) in [6.07, 6.45) is 0.521. The fourth-order valence-corrected chi connectivity index (χ4v) is 2.84. The Morgan fingerprint density at radius 2 is 2.18 bits per heavy atom. The number of rotatable bonds is 4. The number of aliphatic hydroxyl groups excluding tert-OH is 1. The molecule has 0 saturated carbocycles. The molecule has 1 aromatic rings. The molecule has 1 heterocycles. The number of amides is 1. The molecule has 5 nitrogen and oxygen atoms in total. The number of nitrogens with zero attached hydrogens (tertiary/aromatic N) is 1. The fourth-order valence-electron chi connectivity index (χ4n) is 2.84. The smallest absolute Gasteiger partial charge is 0.254 e. The van der Waals surface area contributed by atoms with Crippen LogP contribution in [0.2, 0.25) is 0 Å². The van der Waals surface area contributed by atoms with E-state index >= 15 is 0 Å². The highest BCUT2D eigenvalue weighted by atomic mass is 16.5. The summed E-state index contributed by atoms with van der Waals surface area (Å²) in [6.45, 7) is 7.49. The molecular weight excluding hydrogens is 282 g/mol. The second-order valence-electron chi connectivity index (χ2n) is 6.12. The fraction of sp³-hybridized carbons (Fsp3) is 0.588. The minimum Gasteiger partial charge on any atom is -0.496 e. The lowest BCUT2D eigenvalue weighted by Gasteiger charge is -2.40. The predicted octanol–water partition coefficient (Wildman–Crippen LogP) is 1.93. The van der Waals surface area contributed by atoms with E-state index in [1.54, 1.807) is 18.1 Å². The van der Waals surface area contributed by atoms with Crippen molar-refractivity contribution in [1.29, 1.82) is 0 Å². The first-order valence-electron chi connectivity index (χ1n) is 7.59. The van der Waals surface area contributed by atoms with E-state index in [4.69, 9.17) is 14.6 Å². The van der Waals surface area contributed by atoms with Crippen LogP contribution in [0.15, 0.2) is 12.1 Å². The van der Waals surface area contributed by atoms with Crippen LogP contribution in [0.5, 0.6) is 5.75 Å². The molecule has 1 unspecified atom stereocenters. The average Bonchev–Trinajstić information content (AvgIpc) is 2.49. The third-order valence-electron chi connectivity index (χ3n) is 4.35. The van der Waals surface area contributed by atoms with E-state index in [0.29, 0.717) is 31.7 Å². The molecule has 1 aliphatic heterocycles. The Bertz CT molecular complexity index is 554. The zero-order valence-corrected chi connectivity index (χ0v) is 13.8. The highest BCUT2D eigenvalue weighted by Crippen LogP contribution is 2.26. The van der Waals surface area contributed by atoms with Crippen LogP contribution in [0.3, 0.4) is 0 Å². The van der Waals surface area contributed by atoms with Gasteiger partial charge in [0.1, 0.15) is 5.75 Å². The van der Waals surface area contributed by atoms with Crippen molar-refractivity contribution in [3.63, 3.8) is 0 Å². The number of aryl methyl sites for hydroxylation is 1. The summed E-state index contributed by atoms with van der Waals surface area (Å²) >= 11 is 0. The van der Waals surface area contributed by atoms with Crippen molar-refractivity contribution in [2.45, 2.75) is 32.8 Å². The largest absolute Gasteiger partial charge is 0.496 e. The first-order valence-corrected chi connectivity index (χ1v) is 7.59. The van der Waals surface area contributed by atoms with Crippen molar-refractivity contribution >= 4 is 5.91 Å². The first kappa shape index (κ1) is 16.8. The molecular formula is C17H25NO4. The highest BCUT2D eigenvalue weighted by molar-refractivity contribution is 5.95. The van der Waals surface area contributed by atoms with Crippen LogP contribution in [0.1, 0.15) is 34.8 Å². The number of carbonyl (C=O) groups is 1. The summed E-state index contributed by atoms with van der Waals surface area (Å²) in [4.78, 5) is 14.6. The highest BCUT2D eigenvalue weighted by Gasteiger charge is 2.34. The van der Waals surface area contributed by atoms with Crippen molar-refractivity contribution < 1.29 is 19.4 Å². The van der Waals surface area contributed by atoms with Crippen LogP contribution in [0.25, 0.3) is 0 Å². The van der Waals surface area contributed by atoms with Gasteiger partial charge in [0.05, 0.1) is 19.3 Å². The predicted molar refractivity (Wildman–Crippen MR) is 84.4 cm³/mol. The van der Waals surface area contributed by atoms with E-state index in [1.165, 1.54) is 0 Å². The van der Waals surface area contributed by atoms with Crippen LogP contribution >= 0.6 is 0 Å². The maximum atomic E-state index is 12.8. The Labute approximate surface area is 131 Å². The van der Waals surface area contributed by atoms with E-state index in [0.717, 1.165) is 16.9 Å². The normalized spacial score (nSPS) is 21.8. The number of morpholine rings is 1. The summed E-state index contributed by atoms with van der Waals surface area (Å²) in [6, 6.07) is 3.70. The number of hydrogen-bond donors (Lipinski definition) is 1. The number of carbonyl (C=O) groups excluding carboxylic acids is 1. The quantitative estimate of drug-likeness (QED) is 0.923. The molecule has 2 rings (SSSR count). The Balaban J connectivity index is 2.22. The van der Waals surface area contributed by atoms with Gasteiger partial charge in [0.2, 0.25) is 0 Å². The first-order chi connectivity index (χ1) is 10.4. The van der Waals surface area contributed by atoms with Crippen LogP contribution < -0.4 is 4.74 Å². The lowest BCUT2D eigenvalue weighted by molar-refractivity contribution is -0.0978. The van der Waals surface area contributed by atoms with Gasteiger partial charge < -0.3 is 19.5 Å². The molecule has 1 aromatic carbocycles. The topological polar surface area (TPSA) is 59.0 Å². The molecule has 22 heavy (non-hydrogen) atoms. The molecule has 0 aliphatic carbocycles. The van der Waals surface area contributed by atoms with Crippen molar-refractivity contribution in [3.05, 3.63) is 28.8 Å². The van der Waals surface area contributed by atoms with Crippen molar-refractivity contribution in [3.8, 4) is 5.75 Å². The average molecular weight is 307 g/mol. The molecule has 0 radical (unpaired) electrons. The summed E-state index contributed by atoms with van der Waals surface area (Å²) in [5.74, 6) is 0.712. The molecule has 1 fully saturated rings. The Morgan fingerprint density at radius 1 is 1.45 bits per heavy atom. The molecule has 1 N–H and O–H groups in total. The van der Waals surface area contributed by atoms with Gasteiger partial charge in [-0.05, 0) is 44.0 Å². The molecule has 0 aromatic heterocycles. The zero-order valence-electron chi connectivity index (χ0n) is 13.8. The van der Waals surface area contributed by atoms with E-state index in [-0.39, 0.29) is 12.5 Å². The van der Waals surface area contributed by atoms with Crippen molar-refractivity contribution in [2.24, 2.45) is 0 Å². The summed E-state index contributed by atoms with van der Waals surface area (Å²) in [7, 11) is 1.61. The van der Waals surface area contributed by atoms with Gasteiger partial charge in [-0.2, -0.15) is 0 Å². The van der Waals surface area contributed by atoms with Gasteiger partial charge in [-0.15, -0.1) is 0 Å². The van der Waals surface area contributed by atoms with Crippen molar-refractivity contribution in [1.82, 2.24) is 4.90 Å². The molecule has 5 heteroatoms. The maximum absolute atomic E-state index is 12.8. The summed E-state index contributed by atoms with van der Waals surface area (Å²) in [5.41, 5.74) is 2.24. The SMILES string of the molecule is COc1cc(C(=O)N2CCOC(C)(CCO)C2)cc(C)c1C. The number of methoxy groups -OCH3 is 1. The van der Waals surface area contributed by atoms with Crippen LogP contribution in [-0.4, -0.2) is 54.9 Å². The van der Waals surface area contributed by atoms with Gasteiger partial charge in [0.25, 0.3) is 5.91 Å². The lowest BCUT2D eigenvalue weighted by Crippen LogP contribution is -2.52. The van der Waals surface area contributed by atoms with E-state index in [2.05, 4.69) is 0 Å². The van der Waals surface area contributed by atoms with Crippen LogP contribution in [0, 0.1) is 13.8 Å². The monoisotopic (exact) mass is 307 g/mol. The van der Waals surface area contributed by atoms with Gasteiger partial charge in [-0.1, -0.05) is 0 Å². The van der Waals surface area contributed by atoms with Gasteiger partial charge >= 0.3 is 0 Å². The number of aliphatic hydroxyl groups is 1. The minimum atomic E-state index is -0.480. The molecule has 1 atom stereocenters. The van der Waals surface area contributed by atoms with Gasteiger partial charge in [-0.3, -0.25) is 4.79 Å². The lowest BCUT2D eigenvalue weighted by atomic mass is 9.99. The minimum absolute atomic E-state index is 0.0196. The number of ether oxygens (including phenoxy) is 2. The van der Waals surface area contributed by atoms with Gasteiger partial charge in [0, 0.05) is 31.7 Å². The standard InChI is InChI=1S/C17H25NO4/c1-12-9-14(10-15(21-4)13(12)2)16(20)18-6-8-22-17(3,11-18)5-7-19/h9-10,19H,5-8,11H2,1-4H3. The zero-order chi connectivity index (χ0) is 16.3. The van der Waals surface area contributed by atoms with Gasteiger partial charge in [-0.25, -0.2) is 0 Å². The molecule has 1 amide bonds. The van der Waals surface area contributed by atoms with E-state index in [1.807, 2.05) is 26.8 Å². The van der Waals surface area contributed by atoms with Crippen LogP contribution in [-0.2, 0) is 4.74 Å². The molecule has 1 saturated heterocycles. The van der Waals surface area contributed by atoms with E-state index < -0.39 is 5.60 Å². The summed E-state index contributed by atoms with van der Waals surface area (Å²) in [5, 5.41) is 9.16. The molecule has 0 spiro atoms. The third-order valence-corrected chi connectivity index (χ3v) is 4.35. The number of hydrogen-bond acceptors (Lipinski definition) is 4. The Morgan fingerprint density at radius 3 is 2.82 bits per heavy atom.